The van der Waals surface area contributed by atoms with Gasteiger partial charge in [0.2, 0.25) is 0 Å². The molecule has 1 atom stereocenters. The predicted molar refractivity (Wildman–Crippen MR) is 86.8 cm³/mol. The van der Waals surface area contributed by atoms with Crippen molar-refractivity contribution >= 4 is 5.91 Å². The zero-order valence-corrected chi connectivity index (χ0v) is 17.1. The van der Waals surface area contributed by atoms with Gasteiger partial charge in [-0.2, -0.15) is 65.9 Å². The summed E-state index contributed by atoms with van der Waals surface area (Å²) in [6, 6.07) is 0. The molecule has 35 heavy (non-hydrogen) atoms. The molecule has 0 heterocycles. The molecule has 1 unspecified atom stereocenters. The summed E-state index contributed by atoms with van der Waals surface area (Å²) in [6.45, 7) is -1.27. The highest BCUT2D eigenvalue weighted by Gasteiger charge is 2.94. The van der Waals surface area contributed by atoms with E-state index in [0.717, 1.165) is 5.32 Å². The fourth-order valence-corrected chi connectivity index (χ4v) is 2.66. The maximum atomic E-state index is 13.7. The van der Waals surface area contributed by atoms with E-state index in [-0.39, 0.29) is 44.8 Å². The summed E-state index contributed by atoms with van der Waals surface area (Å²) < 4.78 is 196. The van der Waals surface area contributed by atoms with Gasteiger partial charge >= 0.3 is 41.7 Å². The van der Waals surface area contributed by atoms with Crippen molar-refractivity contribution in [3.8, 4) is 0 Å². The summed E-state index contributed by atoms with van der Waals surface area (Å²) in [5.74, 6) is -51.8. The van der Waals surface area contributed by atoms with Crippen LogP contribution in [-0.4, -0.2) is 72.4 Å². The molecule has 0 bridgehead atoms. The summed E-state index contributed by atoms with van der Waals surface area (Å²) in [6.07, 6.45) is -7.66. The Morgan fingerprint density at radius 1 is 0.686 bits per heavy atom. The third-order valence-electron chi connectivity index (χ3n) is 4.80. The first-order valence-electron chi connectivity index (χ1n) is 9.34. The maximum absolute atomic E-state index is 13.7. The van der Waals surface area contributed by atoms with Crippen LogP contribution in [0.5, 0.6) is 0 Å². The third-order valence-corrected chi connectivity index (χ3v) is 4.80. The highest BCUT2D eigenvalue weighted by Crippen LogP contribution is 2.62. The molecule has 0 aromatic carbocycles. The number of carbonyl (C=O) groups excluding carboxylic acids is 1. The number of carbonyl (C=O) groups is 1. The van der Waals surface area contributed by atoms with E-state index in [9.17, 15) is 70.7 Å². The Bertz CT molecular complexity index is 704. The lowest BCUT2D eigenvalue weighted by molar-refractivity contribution is -0.449. The molecule has 0 rings (SSSR count). The van der Waals surface area contributed by atoms with Crippen molar-refractivity contribution in [2.45, 2.75) is 67.4 Å². The number of alkyl halides is 15. The second-order valence-corrected chi connectivity index (χ2v) is 7.30. The Hall–Kier alpha value is -1.66. The lowest BCUT2D eigenvalue weighted by atomic mass is 9.90. The van der Waals surface area contributed by atoms with Gasteiger partial charge in [-0.1, -0.05) is 0 Å². The molecule has 0 aliphatic carbocycles. The molecule has 0 aromatic rings. The Labute approximate surface area is 187 Å². The van der Waals surface area contributed by atoms with Crippen LogP contribution in [0, 0.1) is 5.92 Å². The zero-order chi connectivity index (χ0) is 28.3. The average Bonchev–Trinajstić information content (AvgIpc) is 2.69. The highest BCUT2D eigenvalue weighted by atomic mass is 19.4. The molecule has 4 N–H and O–H groups in total. The van der Waals surface area contributed by atoms with Gasteiger partial charge in [0.05, 0.1) is 0 Å². The van der Waals surface area contributed by atoms with Gasteiger partial charge in [-0.3, -0.25) is 4.79 Å². The normalized spacial score (nSPS) is 15.8. The van der Waals surface area contributed by atoms with Crippen molar-refractivity contribution in [2.75, 3.05) is 19.7 Å². The average molecular weight is 556 g/mol. The summed E-state index contributed by atoms with van der Waals surface area (Å²) in [7, 11) is 0. The maximum Gasteiger partial charge on any atom is 0.460 e. The minimum Gasteiger partial charge on any atom is -0.396 e. The van der Waals surface area contributed by atoms with Crippen molar-refractivity contribution in [1.29, 1.82) is 0 Å². The quantitative estimate of drug-likeness (QED) is 0.216. The molecule has 4 nitrogen and oxygen atoms in total. The number of nitrogens with one attached hydrogen (secondary N) is 1. The van der Waals surface area contributed by atoms with Crippen molar-refractivity contribution in [3.63, 3.8) is 0 Å². The van der Waals surface area contributed by atoms with Crippen LogP contribution in [0.1, 0.15) is 25.7 Å². The van der Waals surface area contributed by atoms with Crippen LogP contribution in [0.2, 0.25) is 0 Å². The number of halogens is 15. The van der Waals surface area contributed by atoms with Crippen LogP contribution in [0.3, 0.4) is 0 Å². The van der Waals surface area contributed by atoms with Gasteiger partial charge in [-0.15, -0.1) is 0 Å². The molecule has 0 saturated heterocycles. The molecule has 0 aliphatic rings. The molecule has 0 fully saturated rings. The first kappa shape index (κ1) is 33.3. The van der Waals surface area contributed by atoms with Gasteiger partial charge in [0.15, 0.2) is 0 Å². The highest BCUT2D eigenvalue weighted by molar-refractivity contribution is 5.84. The number of nitrogens with two attached hydrogens (primary N) is 1. The summed E-state index contributed by atoms with van der Waals surface area (Å²) >= 11 is 0. The second-order valence-electron chi connectivity index (χ2n) is 7.30. The second kappa shape index (κ2) is 10.8. The molecule has 1 amide bonds. The van der Waals surface area contributed by atoms with E-state index >= 15 is 0 Å². The number of aliphatic hydroxyl groups is 1. The molecule has 0 aliphatic heterocycles. The van der Waals surface area contributed by atoms with Gasteiger partial charge in [-0.05, 0) is 38.1 Å². The van der Waals surface area contributed by atoms with Gasteiger partial charge in [0.25, 0.3) is 5.91 Å². The number of hydrogen-bond donors (Lipinski definition) is 3. The van der Waals surface area contributed by atoms with Crippen LogP contribution >= 0.6 is 0 Å². The lowest BCUT2D eigenvalue weighted by Crippen LogP contribution is -2.74. The van der Waals surface area contributed by atoms with Crippen LogP contribution in [0.4, 0.5) is 65.9 Å². The minimum absolute atomic E-state index is 0.00696. The lowest BCUT2D eigenvalue weighted by Gasteiger charge is -2.41. The van der Waals surface area contributed by atoms with E-state index < -0.39 is 54.2 Å². The number of hydrogen-bond acceptors (Lipinski definition) is 3. The van der Waals surface area contributed by atoms with E-state index in [4.69, 9.17) is 10.8 Å². The molecule has 0 aromatic heterocycles. The molecule has 210 valence electrons. The molecule has 0 spiro atoms. The van der Waals surface area contributed by atoms with Crippen LogP contribution in [-0.2, 0) is 4.79 Å². The predicted octanol–water partition coefficient (Wildman–Crippen LogP) is 4.60. The Morgan fingerprint density at radius 3 is 1.51 bits per heavy atom. The molecular formula is C16H19F15N2O2. The fraction of sp³-hybridized carbons (Fsp3) is 0.938. The fourth-order valence-electron chi connectivity index (χ4n) is 2.66. The third kappa shape index (κ3) is 5.85. The first-order valence-corrected chi connectivity index (χ1v) is 9.34. The Balaban J connectivity index is 5.84. The van der Waals surface area contributed by atoms with E-state index in [1.54, 1.807) is 0 Å². The topological polar surface area (TPSA) is 75.3 Å². The monoisotopic (exact) mass is 556 g/mol. The summed E-state index contributed by atoms with van der Waals surface area (Å²) in [5.41, 5.74) is 5.25. The number of amides is 1. The molecular weight excluding hydrogens is 537 g/mol. The summed E-state index contributed by atoms with van der Waals surface area (Å²) in [5, 5.41) is 9.74. The van der Waals surface area contributed by atoms with Gasteiger partial charge in [-0.25, -0.2) is 0 Å². The smallest absolute Gasteiger partial charge is 0.396 e. The summed E-state index contributed by atoms with van der Waals surface area (Å²) in [4.78, 5) is 11.3. The number of rotatable bonds is 14. The molecule has 19 heteroatoms. The standard InChI is InChI=1S/C16H19F15N2O2/c17-10(18,9(35)33-6-1-2-8(3-5-32)4-7-34)11(19,20)12(21,22)13(23,24)14(25,26)15(27,28)16(29,30)31/h8,34H,1-7,32H2,(H,33,35). The largest absolute Gasteiger partial charge is 0.460 e. The van der Waals surface area contributed by atoms with E-state index in [2.05, 4.69) is 0 Å². The number of aliphatic hydroxyl groups excluding tert-OH is 1. The van der Waals surface area contributed by atoms with Crippen LogP contribution in [0.15, 0.2) is 0 Å². The van der Waals surface area contributed by atoms with E-state index in [1.807, 2.05) is 0 Å². The Kier molecular flexibility index (Phi) is 10.2. The Morgan fingerprint density at radius 2 is 1.11 bits per heavy atom. The minimum atomic E-state index is -8.44. The molecule has 0 saturated carbocycles. The van der Waals surface area contributed by atoms with Crippen molar-refractivity contribution in [2.24, 2.45) is 11.7 Å². The van der Waals surface area contributed by atoms with Crippen molar-refractivity contribution in [1.82, 2.24) is 5.32 Å². The van der Waals surface area contributed by atoms with Gasteiger partial charge < -0.3 is 16.2 Å². The zero-order valence-electron chi connectivity index (χ0n) is 17.1. The van der Waals surface area contributed by atoms with Gasteiger partial charge in [0.1, 0.15) is 0 Å². The van der Waals surface area contributed by atoms with E-state index in [0.29, 0.717) is 0 Å². The van der Waals surface area contributed by atoms with Crippen molar-refractivity contribution in [3.05, 3.63) is 0 Å². The SMILES string of the molecule is NCCC(CCO)CCCNC(=O)C(F)(F)C(F)(F)C(F)(F)C(F)(F)C(F)(F)C(F)(F)C(F)(F)F. The molecule has 0 radical (unpaired) electrons. The van der Waals surface area contributed by atoms with Crippen molar-refractivity contribution < 1.29 is 75.8 Å². The van der Waals surface area contributed by atoms with E-state index in [1.165, 1.54) is 0 Å². The van der Waals surface area contributed by atoms with Crippen LogP contribution in [0.25, 0.3) is 0 Å². The van der Waals surface area contributed by atoms with Gasteiger partial charge in [0, 0.05) is 13.2 Å². The first-order chi connectivity index (χ1) is 15.4. The van der Waals surface area contributed by atoms with Crippen LogP contribution < -0.4 is 11.1 Å².